The Hall–Kier alpha value is -13.3. The molecule has 10 aromatic heterocycles. The van der Waals surface area contributed by atoms with Crippen LogP contribution in [0.4, 0.5) is 0 Å². The fourth-order valence-electron chi connectivity index (χ4n) is 8.44. The smallest absolute Gasteiger partial charge is 0.354 e. The summed E-state index contributed by atoms with van der Waals surface area (Å²) in [5.41, 5.74) is 7.32. The van der Waals surface area contributed by atoms with Gasteiger partial charge in [0.05, 0.1) is 67.1 Å². The molecule has 0 aliphatic rings. The van der Waals surface area contributed by atoms with Gasteiger partial charge in [-0.05, 0) is 130 Å². The highest BCUT2D eigenvalue weighted by Gasteiger charge is 2.20. The summed E-state index contributed by atoms with van der Waals surface area (Å²) in [6, 6.07) is 39.8. The molecule has 12 rings (SSSR count). The van der Waals surface area contributed by atoms with Crippen LogP contribution in [0.1, 0.15) is 105 Å². The van der Waals surface area contributed by atoms with Gasteiger partial charge >= 0.3 is 29.8 Å². The second-order valence-corrected chi connectivity index (χ2v) is 19.3. The summed E-state index contributed by atoms with van der Waals surface area (Å²) in [7, 11) is 0. The number of aryl methyl sites for hydroxylation is 1. The molecule has 25 heteroatoms. The second-order valence-electron chi connectivity index (χ2n) is 19.3. The summed E-state index contributed by atoms with van der Waals surface area (Å²) < 4.78 is 4.74. The number of aliphatic hydroxyl groups is 1. The maximum atomic E-state index is 11.3. The van der Waals surface area contributed by atoms with Gasteiger partial charge in [0.15, 0.2) is 11.6 Å². The monoisotopic (exact) mass is 1250 g/mol. The van der Waals surface area contributed by atoms with E-state index in [0.717, 1.165) is 38.3 Å². The maximum absolute atomic E-state index is 11.3. The van der Waals surface area contributed by atoms with Crippen LogP contribution >= 0.6 is 0 Å². The maximum Gasteiger partial charge on any atom is 0.354 e. The summed E-state index contributed by atoms with van der Waals surface area (Å²) in [5, 5.41) is 57.8. The van der Waals surface area contributed by atoms with Crippen LogP contribution in [0.3, 0.4) is 0 Å². The number of carbonyl (C=O) groups is 8. The first kappa shape index (κ1) is 67.2. The number of aromatic carboxylic acids is 5. The number of carboxylic acid groups (broad SMARTS) is 5. The molecule has 2 aromatic carbocycles. The number of carbonyl (C=O) groups excluding carboxylic acids is 3. The van der Waals surface area contributed by atoms with E-state index in [1.807, 2.05) is 49.4 Å². The largest absolute Gasteiger partial charge is 0.506 e. The summed E-state index contributed by atoms with van der Waals surface area (Å²) in [6.07, 6.45) is 8.44. The lowest BCUT2D eigenvalue weighted by atomic mass is 10.1. The van der Waals surface area contributed by atoms with Gasteiger partial charge in [-0.3, -0.25) is 49.3 Å². The molecule has 0 unspecified atom stereocenters. The Balaban J connectivity index is 0.000000164. The van der Waals surface area contributed by atoms with E-state index in [4.69, 9.17) is 30.3 Å². The molecule has 0 aliphatic carbocycles. The second kappa shape index (κ2) is 30.5. The number of hydrogen-bond donors (Lipinski definition) is 6. The molecule has 0 saturated heterocycles. The minimum absolute atomic E-state index is 0. The van der Waals surface area contributed by atoms with Gasteiger partial charge in [0.1, 0.15) is 28.5 Å². The Morgan fingerprint density at radius 1 is 0.419 bits per heavy atom. The molecule has 0 amide bonds. The van der Waals surface area contributed by atoms with Crippen LogP contribution < -0.4 is 4.74 Å². The number of pyridine rings is 10. The molecule has 0 atom stereocenters. The molecule has 0 bridgehead atoms. The number of benzene rings is 2. The van der Waals surface area contributed by atoms with Crippen molar-refractivity contribution in [2.24, 2.45) is 0 Å². The van der Waals surface area contributed by atoms with Crippen LogP contribution in [0.25, 0.3) is 83.5 Å². The summed E-state index contributed by atoms with van der Waals surface area (Å²) in [5.74, 6) is -5.46. The molecular formula is C68H52N10O15. The fourth-order valence-corrected chi connectivity index (χ4v) is 8.44. The third kappa shape index (κ3) is 17.1. The fraction of sp³-hybridized carbons (Fsp3) is 0.0588. The Morgan fingerprint density at radius 2 is 0.882 bits per heavy atom. The molecule has 0 saturated carbocycles. The van der Waals surface area contributed by atoms with Crippen molar-refractivity contribution < 1.29 is 73.7 Å². The predicted octanol–water partition coefficient (Wildman–Crippen LogP) is 11.9. The molecule has 0 spiro atoms. The van der Waals surface area contributed by atoms with Crippen LogP contribution in [0, 0.1) is 6.92 Å². The van der Waals surface area contributed by atoms with Gasteiger partial charge in [-0.15, -0.1) is 0 Å². The van der Waals surface area contributed by atoms with Gasteiger partial charge in [-0.25, -0.2) is 38.9 Å². The average molecular weight is 1250 g/mol. The zero-order valence-electron chi connectivity index (χ0n) is 48.4. The predicted molar refractivity (Wildman–Crippen MR) is 341 cm³/mol. The van der Waals surface area contributed by atoms with E-state index < -0.39 is 29.8 Å². The Labute approximate surface area is 526 Å². The number of hydrogen-bond acceptors (Lipinski definition) is 20. The minimum atomic E-state index is -1.18. The van der Waals surface area contributed by atoms with Crippen molar-refractivity contribution in [2.75, 3.05) is 0 Å². The van der Waals surface area contributed by atoms with Crippen molar-refractivity contribution >= 4 is 97.3 Å². The van der Waals surface area contributed by atoms with Crippen molar-refractivity contribution in [1.29, 1.82) is 0 Å². The number of rotatable bonds is 13. The first-order chi connectivity index (χ1) is 44.1. The number of aromatic nitrogens is 10. The third-order valence-corrected chi connectivity index (χ3v) is 13.0. The van der Waals surface area contributed by atoms with Crippen molar-refractivity contribution in [1.82, 2.24) is 49.8 Å². The minimum Gasteiger partial charge on any atom is -0.506 e. The normalized spacial score (nSPS) is 10.2. The van der Waals surface area contributed by atoms with Crippen LogP contribution in [0.5, 0.6) is 5.88 Å². The first-order valence-corrected chi connectivity index (χ1v) is 26.9. The SMILES string of the molecule is C.C=C(O)c1ccc2ccc3ccc(C(=O)O)nc3c2n1.CC(=O)c1ccc(-c2ccc(C(=O)O)cn2)nc1.CC(=O)c1ccnc(-c2cc(C(=O)O)ccn2)c1.Cc1ccc2cc3nc(OC=O)ccc3cc2n1.O=C(O)c1cccnc1-c1ncccc1C(=O)O. The average Bonchev–Trinajstić information content (AvgIpc) is 0.806. The van der Waals surface area contributed by atoms with Gasteiger partial charge in [0.25, 0.3) is 6.47 Å². The van der Waals surface area contributed by atoms with E-state index in [2.05, 4.69) is 56.4 Å². The Kier molecular flexibility index (Phi) is 22.1. The van der Waals surface area contributed by atoms with Gasteiger partial charge < -0.3 is 35.4 Å². The zero-order chi connectivity index (χ0) is 66.2. The Morgan fingerprint density at radius 3 is 1.35 bits per heavy atom. The van der Waals surface area contributed by atoms with Crippen LogP contribution in [-0.4, -0.2) is 128 Å². The van der Waals surface area contributed by atoms with Gasteiger partial charge in [-0.2, -0.15) is 0 Å². The van der Waals surface area contributed by atoms with Crippen molar-refractivity contribution in [3.63, 3.8) is 0 Å². The lowest BCUT2D eigenvalue weighted by Crippen LogP contribution is -2.07. The number of fused-ring (bicyclic) bond motifs is 5. The van der Waals surface area contributed by atoms with E-state index in [0.29, 0.717) is 63.0 Å². The number of nitrogens with zero attached hydrogens (tertiary/aromatic N) is 10. The standard InChI is InChI=1S/C15H10N2O3.C14H10N2O2.2C13H10N2O3.C12H8N2O4.CH4/c1-8(18)11-6-4-9-2-3-10-5-7-12(15(19)20)17-14(10)13(9)16-11;1-9-2-3-10-7-13-11(6-12(10)15-9)4-5-14(16-13)18-8-17;1-8(16)9-2-4-14-11(6-9)12-7-10(13(17)18)3-5-15-12;1-8(16)9-2-4-11(14-6-9)12-5-3-10(7-15-12)13(17)18;15-11(16)7-3-1-5-13-9(7)10-8(12(17)18)4-2-6-14-10;/h2-7,18H,1H2,(H,19,20);2-8H,1H3;2*2-7H,1H3,(H,17,18);1-6H,(H,15,16)(H,17,18);1H4. The molecule has 12 aromatic rings. The van der Waals surface area contributed by atoms with E-state index in [1.54, 1.807) is 54.6 Å². The van der Waals surface area contributed by atoms with Crippen LogP contribution in [0.2, 0.25) is 0 Å². The van der Waals surface area contributed by atoms with Gasteiger partial charge in [0.2, 0.25) is 5.88 Å². The molecule has 25 nitrogen and oxygen atoms in total. The molecule has 10 heterocycles. The molecule has 464 valence electrons. The van der Waals surface area contributed by atoms with E-state index >= 15 is 0 Å². The number of ketones is 2. The highest BCUT2D eigenvalue weighted by Crippen LogP contribution is 2.27. The van der Waals surface area contributed by atoms with Crippen molar-refractivity contribution in [2.45, 2.75) is 28.2 Å². The number of carboxylic acids is 5. The number of aliphatic hydroxyl groups excluding tert-OH is 1. The highest BCUT2D eigenvalue weighted by atomic mass is 16.5. The lowest BCUT2D eigenvalue weighted by Gasteiger charge is -2.06. The first-order valence-electron chi connectivity index (χ1n) is 26.9. The van der Waals surface area contributed by atoms with E-state index in [9.17, 15) is 43.5 Å². The Bertz CT molecular complexity index is 4640. The zero-order valence-corrected chi connectivity index (χ0v) is 48.4. The molecule has 0 aliphatic heterocycles. The lowest BCUT2D eigenvalue weighted by molar-refractivity contribution is -0.120. The molecule has 6 N–H and O–H groups in total. The van der Waals surface area contributed by atoms with E-state index in [1.165, 1.54) is 99.6 Å². The van der Waals surface area contributed by atoms with Crippen molar-refractivity contribution in [3.8, 4) is 40.0 Å². The molecule has 0 radical (unpaired) electrons. The van der Waals surface area contributed by atoms with Gasteiger partial charge in [-0.1, -0.05) is 44.3 Å². The van der Waals surface area contributed by atoms with Gasteiger partial charge in [0, 0.05) is 81.6 Å². The topological polar surface area (TPSA) is 396 Å². The quantitative estimate of drug-likeness (QED) is 0.0205. The third-order valence-electron chi connectivity index (χ3n) is 13.0. The van der Waals surface area contributed by atoms with Crippen LogP contribution in [-0.2, 0) is 4.79 Å². The highest BCUT2D eigenvalue weighted by molar-refractivity contribution is 6.05. The van der Waals surface area contributed by atoms with E-state index in [-0.39, 0.29) is 64.1 Å². The summed E-state index contributed by atoms with van der Waals surface area (Å²) in [6.45, 7) is 8.70. The number of ether oxygens (including phenoxy) is 1. The number of Topliss-reactive ketones (excluding diaryl/α,β-unsaturated/α-hetero) is 2. The molecular weight excluding hydrogens is 1200 g/mol. The van der Waals surface area contributed by atoms with Crippen LogP contribution in [0.15, 0.2) is 189 Å². The summed E-state index contributed by atoms with van der Waals surface area (Å²) in [4.78, 5) is 129. The molecule has 0 fully saturated rings. The van der Waals surface area contributed by atoms with Crippen molar-refractivity contribution in [3.05, 3.63) is 240 Å². The summed E-state index contributed by atoms with van der Waals surface area (Å²) >= 11 is 0. The molecule has 93 heavy (non-hydrogen) atoms.